The lowest BCUT2D eigenvalue weighted by molar-refractivity contribution is 0.590. The summed E-state index contributed by atoms with van der Waals surface area (Å²) >= 11 is 5.34. The third kappa shape index (κ3) is 5.40. The van der Waals surface area contributed by atoms with Crippen LogP contribution in [0.3, 0.4) is 0 Å². The number of nitrogens with one attached hydrogen (secondary N) is 2. The second kappa shape index (κ2) is 7.79. The molecular weight excluding hydrogens is 326 g/mol. The Morgan fingerprint density at radius 1 is 1.00 bits per heavy atom. The summed E-state index contributed by atoms with van der Waals surface area (Å²) in [5.41, 5.74) is 9.74. The number of hydrogen-bond donors (Lipinski definition) is 2. The van der Waals surface area contributed by atoms with E-state index in [1.807, 2.05) is 13.0 Å². The third-order valence-corrected chi connectivity index (χ3v) is 4.32. The first-order valence-corrected chi connectivity index (χ1v) is 8.87. The van der Waals surface area contributed by atoms with Gasteiger partial charge in [0.15, 0.2) is 5.11 Å². The molecule has 0 radical (unpaired) electrons. The van der Waals surface area contributed by atoms with E-state index < -0.39 is 0 Å². The normalized spacial score (nSPS) is 12.0. The molecule has 0 aromatic heterocycles. The van der Waals surface area contributed by atoms with E-state index >= 15 is 0 Å². The zero-order valence-electron chi connectivity index (χ0n) is 15.9. The Balaban J connectivity index is 2.01. The van der Waals surface area contributed by atoms with E-state index in [2.05, 4.69) is 86.9 Å². The Morgan fingerprint density at radius 2 is 1.64 bits per heavy atom. The van der Waals surface area contributed by atoms with Gasteiger partial charge >= 0.3 is 0 Å². The molecule has 0 saturated heterocycles. The van der Waals surface area contributed by atoms with Crippen molar-refractivity contribution in [2.45, 2.75) is 47.0 Å². The van der Waals surface area contributed by atoms with Gasteiger partial charge in [-0.3, -0.25) is 5.43 Å². The standard InChI is InChI=1S/C21H27N3S/c1-14-7-12-19(15(2)13-14)22-20(25)24-23-16(3)17-8-10-18(11-9-17)21(4,5)6/h7-13H,1-6H3,(H2,22,24,25). The van der Waals surface area contributed by atoms with Gasteiger partial charge in [-0.25, -0.2) is 0 Å². The fourth-order valence-electron chi connectivity index (χ4n) is 2.51. The molecule has 2 N–H and O–H groups in total. The summed E-state index contributed by atoms with van der Waals surface area (Å²) in [7, 11) is 0. The minimum Gasteiger partial charge on any atom is -0.331 e. The Hall–Kier alpha value is -2.20. The maximum atomic E-state index is 5.34. The molecule has 0 heterocycles. The summed E-state index contributed by atoms with van der Waals surface area (Å²) < 4.78 is 0. The molecule has 0 unspecified atom stereocenters. The van der Waals surface area contributed by atoms with Gasteiger partial charge in [0.25, 0.3) is 0 Å². The van der Waals surface area contributed by atoms with Crippen molar-refractivity contribution in [3.05, 3.63) is 64.7 Å². The highest BCUT2D eigenvalue weighted by molar-refractivity contribution is 7.80. The minimum absolute atomic E-state index is 0.152. The van der Waals surface area contributed by atoms with E-state index in [4.69, 9.17) is 12.2 Å². The Morgan fingerprint density at radius 3 is 2.20 bits per heavy atom. The first kappa shape index (κ1) is 19.1. The van der Waals surface area contributed by atoms with Gasteiger partial charge in [0.2, 0.25) is 0 Å². The number of benzene rings is 2. The molecule has 132 valence electrons. The number of hydrazone groups is 1. The van der Waals surface area contributed by atoms with E-state index in [0.717, 1.165) is 22.5 Å². The van der Waals surface area contributed by atoms with Crippen LogP contribution in [-0.4, -0.2) is 10.8 Å². The second-order valence-electron chi connectivity index (χ2n) is 7.41. The summed E-state index contributed by atoms with van der Waals surface area (Å²) in [4.78, 5) is 0. The number of nitrogens with zero attached hydrogens (tertiary/aromatic N) is 1. The molecule has 0 bridgehead atoms. The summed E-state index contributed by atoms with van der Waals surface area (Å²) in [5.74, 6) is 0. The SMILES string of the molecule is CC(=NNC(=S)Nc1ccc(C)cc1C)c1ccc(C(C)(C)C)cc1. The predicted molar refractivity (Wildman–Crippen MR) is 113 cm³/mol. The van der Waals surface area contributed by atoms with Gasteiger partial charge in [-0.2, -0.15) is 5.10 Å². The molecular formula is C21H27N3S. The summed E-state index contributed by atoms with van der Waals surface area (Å²) in [6.07, 6.45) is 0. The van der Waals surface area contributed by atoms with E-state index in [1.54, 1.807) is 0 Å². The van der Waals surface area contributed by atoms with E-state index in [9.17, 15) is 0 Å². The van der Waals surface area contributed by atoms with Crippen LogP contribution in [0.5, 0.6) is 0 Å². The van der Waals surface area contributed by atoms with Gasteiger partial charge in [0.05, 0.1) is 5.71 Å². The van der Waals surface area contributed by atoms with Crippen LogP contribution in [0.2, 0.25) is 0 Å². The van der Waals surface area contributed by atoms with Crippen molar-refractivity contribution >= 4 is 28.7 Å². The van der Waals surface area contributed by atoms with Crippen LogP contribution >= 0.6 is 12.2 Å². The summed E-state index contributed by atoms with van der Waals surface area (Å²) in [6.45, 7) is 12.7. The zero-order valence-corrected chi connectivity index (χ0v) is 16.7. The molecule has 0 aliphatic heterocycles. The molecule has 0 amide bonds. The van der Waals surface area contributed by atoms with Crippen molar-refractivity contribution in [1.29, 1.82) is 0 Å². The topological polar surface area (TPSA) is 36.4 Å². The Labute approximate surface area is 156 Å². The highest BCUT2D eigenvalue weighted by Crippen LogP contribution is 2.22. The van der Waals surface area contributed by atoms with Crippen LogP contribution in [0.15, 0.2) is 47.6 Å². The highest BCUT2D eigenvalue weighted by atomic mass is 32.1. The van der Waals surface area contributed by atoms with Gasteiger partial charge in [-0.1, -0.05) is 62.7 Å². The van der Waals surface area contributed by atoms with Gasteiger partial charge < -0.3 is 5.32 Å². The molecule has 0 aliphatic carbocycles. The highest BCUT2D eigenvalue weighted by Gasteiger charge is 2.13. The molecule has 0 atom stereocenters. The van der Waals surface area contributed by atoms with Gasteiger partial charge in [0, 0.05) is 5.69 Å². The fraction of sp³-hybridized carbons (Fsp3) is 0.333. The van der Waals surface area contributed by atoms with Crippen LogP contribution < -0.4 is 10.7 Å². The molecule has 4 heteroatoms. The van der Waals surface area contributed by atoms with Crippen LogP contribution in [0, 0.1) is 13.8 Å². The van der Waals surface area contributed by atoms with Crippen molar-refractivity contribution < 1.29 is 0 Å². The molecule has 0 spiro atoms. The molecule has 0 saturated carbocycles. The number of thiocarbonyl (C=S) groups is 1. The maximum absolute atomic E-state index is 5.34. The number of hydrogen-bond acceptors (Lipinski definition) is 2. The summed E-state index contributed by atoms with van der Waals surface area (Å²) in [6, 6.07) is 14.7. The van der Waals surface area contributed by atoms with Crippen molar-refractivity contribution in [2.75, 3.05) is 5.32 Å². The van der Waals surface area contributed by atoms with Crippen LogP contribution in [0.4, 0.5) is 5.69 Å². The number of aryl methyl sites for hydroxylation is 2. The molecule has 0 aliphatic rings. The quantitative estimate of drug-likeness (QED) is 0.446. The second-order valence-corrected chi connectivity index (χ2v) is 7.82. The van der Waals surface area contributed by atoms with Gasteiger partial charge in [-0.05, 0) is 61.2 Å². The van der Waals surface area contributed by atoms with Crippen LogP contribution in [0.1, 0.15) is 49.9 Å². The lowest BCUT2D eigenvalue weighted by Crippen LogP contribution is -2.25. The molecule has 2 aromatic rings. The third-order valence-electron chi connectivity index (χ3n) is 4.12. The molecule has 0 fully saturated rings. The average Bonchev–Trinajstić information content (AvgIpc) is 2.54. The lowest BCUT2D eigenvalue weighted by atomic mass is 9.86. The minimum atomic E-state index is 0.152. The van der Waals surface area contributed by atoms with E-state index in [0.29, 0.717) is 5.11 Å². The van der Waals surface area contributed by atoms with E-state index in [-0.39, 0.29) is 5.41 Å². The molecule has 25 heavy (non-hydrogen) atoms. The molecule has 3 nitrogen and oxygen atoms in total. The van der Waals surface area contributed by atoms with Gasteiger partial charge in [0.1, 0.15) is 0 Å². The fourth-order valence-corrected chi connectivity index (χ4v) is 2.67. The Bertz CT molecular complexity index is 784. The Kier molecular flexibility index (Phi) is 5.96. The molecule has 2 rings (SSSR count). The monoisotopic (exact) mass is 353 g/mol. The predicted octanol–water partition coefficient (Wildman–Crippen LogP) is 5.31. The van der Waals surface area contributed by atoms with Crippen molar-refractivity contribution in [3.63, 3.8) is 0 Å². The van der Waals surface area contributed by atoms with Crippen LogP contribution in [-0.2, 0) is 5.41 Å². The van der Waals surface area contributed by atoms with Crippen molar-refractivity contribution in [3.8, 4) is 0 Å². The first-order chi connectivity index (χ1) is 11.7. The first-order valence-electron chi connectivity index (χ1n) is 8.46. The molecule has 2 aromatic carbocycles. The van der Waals surface area contributed by atoms with Crippen LogP contribution in [0.25, 0.3) is 0 Å². The average molecular weight is 354 g/mol. The van der Waals surface area contributed by atoms with Crippen molar-refractivity contribution in [2.24, 2.45) is 5.10 Å². The number of rotatable bonds is 3. The maximum Gasteiger partial charge on any atom is 0.191 e. The smallest absolute Gasteiger partial charge is 0.191 e. The summed E-state index contributed by atoms with van der Waals surface area (Å²) in [5, 5.41) is 8.06. The lowest BCUT2D eigenvalue weighted by Gasteiger charge is -2.19. The number of anilines is 1. The van der Waals surface area contributed by atoms with E-state index in [1.165, 1.54) is 11.1 Å². The van der Waals surface area contributed by atoms with Gasteiger partial charge in [-0.15, -0.1) is 0 Å². The van der Waals surface area contributed by atoms with Crippen molar-refractivity contribution in [1.82, 2.24) is 5.43 Å². The zero-order chi connectivity index (χ0) is 18.6. The largest absolute Gasteiger partial charge is 0.331 e.